The Morgan fingerprint density at radius 2 is 2.21 bits per heavy atom. The number of carbonyl (C=O) groups excluding carboxylic acids is 1. The SMILES string of the molecule is CC(C)(CO)C(=O)SCCO[PH](=O)OC[C@H]1O[C@@H](n2cnc3c(=O)[nH]c(N)nc32)[C@](C)(Cl)[C@@H]1O. The van der Waals surface area contributed by atoms with E-state index in [0.717, 1.165) is 11.8 Å². The number of aliphatic hydroxyl groups excluding tert-OH is 2. The summed E-state index contributed by atoms with van der Waals surface area (Å²) < 4.78 is 29.6. The predicted molar refractivity (Wildman–Crippen MR) is 126 cm³/mol. The first-order valence-electron chi connectivity index (χ1n) is 10.2. The monoisotopic (exact) mass is 539 g/mol. The maximum Gasteiger partial charge on any atom is 0.319 e. The van der Waals surface area contributed by atoms with Gasteiger partial charge in [-0.05, 0) is 20.8 Å². The number of aromatic amines is 1. The summed E-state index contributed by atoms with van der Waals surface area (Å²) in [6.45, 7) is 4.20. The fourth-order valence-electron chi connectivity index (χ4n) is 3.18. The van der Waals surface area contributed by atoms with Crippen LogP contribution in [0.25, 0.3) is 11.2 Å². The minimum absolute atomic E-state index is 0.0116. The number of aromatic nitrogens is 4. The molecule has 0 aromatic carbocycles. The Morgan fingerprint density at radius 1 is 1.50 bits per heavy atom. The van der Waals surface area contributed by atoms with Crippen molar-refractivity contribution in [2.75, 3.05) is 31.3 Å². The van der Waals surface area contributed by atoms with Gasteiger partial charge < -0.3 is 29.7 Å². The van der Waals surface area contributed by atoms with Crippen LogP contribution in [0.5, 0.6) is 0 Å². The number of nitrogen functional groups attached to an aromatic ring is 1. The highest BCUT2D eigenvalue weighted by molar-refractivity contribution is 8.13. The van der Waals surface area contributed by atoms with E-state index in [2.05, 4.69) is 15.0 Å². The van der Waals surface area contributed by atoms with Gasteiger partial charge in [-0.3, -0.25) is 23.7 Å². The largest absolute Gasteiger partial charge is 0.395 e. The van der Waals surface area contributed by atoms with Crippen LogP contribution in [0.15, 0.2) is 11.1 Å². The smallest absolute Gasteiger partial charge is 0.319 e. The Morgan fingerprint density at radius 3 is 2.88 bits per heavy atom. The van der Waals surface area contributed by atoms with Gasteiger partial charge in [-0.2, -0.15) is 4.98 Å². The maximum atomic E-state index is 12.1. The number of H-pyrrole nitrogens is 1. The molecule has 1 fully saturated rings. The lowest BCUT2D eigenvalue weighted by molar-refractivity contribution is -0.119. The molecule has 190 valence electrons. The van der Waals surface area contributed by atoms with E-state index in [9.17, 15) is 24.4 Å². The lowest BCUT2D eigenvalue weighted by atomic mass is 9.97. The zero-order valence-electron chi connectivity index (χ0n) is 18.7. The van der Waals surface area contributed by atoms with E-state index in [1.165, 1.54) is 17.8 Å². The van der Waals surface area contributed by atoms with Crippen LogP contribution in [0.4, 0.5) is 5.95 Å². The van der Waals surface area contributed by atoms with Crippen LogP contribution in [-0.4, -0.2) is 77.5 Å². The van der Waals surface area contributed by atoms with E-state index in [0.29, 0.717) is 0 Å². The summed E-state index contributed by atoms with van der Waals surface area (Å²) in [6.07, 6.45) is -1.89. The molecule has 0 aliphatic carbocycles. The minimum atomic E-state index is -2.94. The molecule has 34 heavy (non-hydrogen) atoms. The van der Waals surface area contributed by atoms with Crippen LogP contribution < -0.4 is 11.3 Å². The van der Waals surface area contributed by atoms with Crippen molar-refractivity contribution in [3.8, 4) is 0 Å². The number of aliphatic hydroxyl groups is 2. The fourth-order valence-corrected chi connectivity index (χ4v) is 5.08. The molecule has 1 unspecified atom stereocenters. The average Bonchev–Trinajstić information content (AvgIpc) is 3.28. The van der Waals surface area contributed by atoms with Crippen LogP contribution in [0.1, 0.15) is 27.0 Å². The summed E-state index contributed by atoms with van der Waals surface area (Å²) in [5.74, 6) is 0.111. The molecule has 3 rings (SSSR count). The molecule has 16 heteroatoms. The predicted octanol–water partition coefficient (Wildman–Crippen LogP) is 0.659. The van der Waals surface area contributed by atoms with E-state index in [1.54, 1.807) is 13.8 Å². The molecule has 1 aliphatic rings. The highest BCUT2D eigenvalue weighted by Crippen LogP contribution is 2.44. The van der Waals surface area contributed by atoms with Crippen molar-refractivity contribution in [1.82, 2.24) is 19.5 Å². The number of carbonyl (C=O) groups is 1. The normalized spacial score (nSPS) is 26.2. The van der Waals surface area contributed by atoms with Gasteiger partial charge in [0.15, 0.2) is 22.5 Å². The van der Waals surface area contributed by atoms with E-state index in [1.807, 2.05) is 0 Å². The van der Waals surface area contributed by atoms with Crippen LogP contribution in [0.2, 0.25) is 0 Å². The number of thioether (sulfide) groups is 1. The van der Waals surface area contributed by atoms with Crippen molar-refractivity contribution >= 4 is 53.8 Å². The van der Waals surface area contributed by atoms with Gasteiger partial charge >= 0.3 is 8.25 Å². The van der Waals surface area contributed by atoms with E-state index in [-0.39, 0.29) is 47.8 Å². The Balaban J connectivity index is 1.57. The third-order valence-electron chi connectivity index (χ3n) is 5.27. The summed E-state index contributed by atoms with van der Waals surface area (Å²) in [6, 6.07) is 0. The van der Waals surface area contributed by atoms with Crippen molar-refractivity contribution in [2.45, 2.75) is 44.1 Å². The van der Waals surface area contributed by atoms with Gasteiger partial charge in [0.05, 0.1) is 31.6 Å². The highest BCUT2D eigenvalue weighted by Gasteiger charge is 2.53. The lowest BCUT2D eigenvalue weighted by Crippen LogP contribution is -2.39. The number of imidazole rings is 1. The first kappa shape index (κ1) is 27.1. The Hall–Kier alpha value is -1.51. The molecule has 0 spiro atoms. The van der Waals surface area contributed by atoms with Crippen LogP contribution in [-0.2, 0) is 23.1 Å². The molecular weight excluding hydrogens is 513 g/mol. The van der Waals surface area contributed by atoms with E-state index < -0.39 is 42.5 Å². The first-order chi connectivity index (χ1) is 15.9. The van der Waals surface area contributed by atoms with Gasteiger partial charge in [0.2, 0.25) is 5.95 Å². The molecule has 5 N–H and O–H groups in total. The van der Waals surface area contributed by atoms with Gasteiger partial charge in [-0.25, -0.2) is 4.98 Å². The van der Waals surface area contributed by atoms with Crippen molar-refractivity contribution < 1.29 is 33.4 Å². The number of nitrogens with zero attached hydrogens (tertiary/aromatic N) is 3. The molecule has 13 nitrogen and oxygen atoms in total. The summed E-state index contributed by atoms with van der Waals surface area (Å²) in [5, 5.41) is 19.7. The standard InChI is InChI=1S/C18H27ClN5O8PS/c1-17(2,7-25)15(28)34-5-4-30-33(29)31-6-9-11(26)18(3,19)14(32-9)24-8-21-10-12(24)22-16(20)23-13(10)27/h8-9,11,14,25-26,33H,4-7H2,1-3H3,(H3,20,22,23,27)/t9-,11-,14-,18-/m1/s1. The Labute approximate surface area is 204 Å². The number of nitrogens with two attached hydrogens (primary N) is 1. The van der Waals surface area contributed by atoms with E-state index >= 15 is 0 Å². The summed E-state index contributed by atoms with van der Waals surface area (Å²) in [4.78, 5) is 33.0. The quantitative estimate of drug-likeness (QED) is 0.187. The average molecular weight is 540 g/mol. The Kier molecular flexibility index (Phi) is 8.46. The van der Waals surface area contributed by atoms with Crippen molar-refractivity contribution in [2.24, 2.45) is 5.41 Å². The summed E-state index contributed by atoms with van der Waals surface area (Å²) in [5.41, 5.74) is 4.36. The molecule has 2 aromatic rings. The van der Waals surface area contributed by atoms with Crippen molar-refractivity contribution in [3.63, 3.8) is 0 Å². The molecule has 0 radical (unpaired) electrons. The van der Waals surface area contributed by atoms with Gasteiger partial charge in [0.25, 0.3) is 5.56 Å². The maximum absolute atomic E-state index is 12.1. The molecule has 0 amide bonds. The fraction of sp³-hybridized carbons (Fsp3) is 0.667. The number of halogens is 1. The molecule has 1 saturated heterocycles. The third kappa shape index (κ3) is 5.65. The minimum Gasteiger partial charge on any atom is -0.395 e. The topological polar surface area (TPSA) is 192 Å². The zero-order chi connectivity index (χ0) is 25.3. The van der Waals surface area contributed by atoms with Crippen LogP contribution in [0, 0.1) is 5.41 Å². The first-order valence-corrected chi connectivity index (χ1v) is 12.8. The molecule has 0 bridgehead atoms. The second-order valence-corrected chi connectivity index (χ2v) is 11.4. The van der Waals surface area contributed by atoms with E-state index in [4.69, 9.17) is 31.1 Å². The molecule has 0 saturated carbocycles. The van der Waals surface area contributed by atoms with Gasteiger partial charge in [0.1, 0.15) is 17.1 Å². The number of nitrogens with one attached hydrogen (secondary N) is 1. The second kappa shape index (κ2) is 10.6. The molecular formula is C18H27ClN5O8PS. The molecule has 2 aromatic heterocycles. The number of fused-ring (bicyclic) bond motifs is 1. The number of alkyl halides is 1. The molecule has 5 atom stereocenters. The van der Waals surface area contributed by atoms with Gasteiger partial charge in [-0.15, -0.1) is 11.6 Å². The number of hydrogen-bond acceptors (Lipinski definition) is 12. The van der Waals surface area contributed by atoms with Crippen molar-refractivity contribution in [1.29, 1.82) is 0 Å². The van der Waals surface area contributed by atoms with Crippen LogP contribution in [0.3, 0.4) is 0 Å². The zero-order valence-corrected chi connectivity index (χ0v) is 21.3. The third-order valence-corrected chi connectivity index (χ3v) is 7.71. The highest BCUT2D eigenvalue weighted by atomic mass is 35.5. The van der Waals surface area contributed by atoms with Gasteiger partial charge in [0, 0.05) is 5.75 Å². The Bertz CT molecular complexity index is 1130. The number of anilines is 1. The molecule has 1 aliphatic heterocycles. The summed E-state index contributed by atoms with van der Waals surface area (Å²) in [7, 11) is -2.94. The number of rotatable bonds is 10. The lowest BCUT2D eigenvalue weighted by Gasteiger charge is -2.26. The molecule has 3 heterocycles. The number of hydrogen-bond donors (Lipinski definition) is 4. The summed E-state index contributed by atoms with van der Waals surface area (Å²) >= 11 is 7.53. The van der Waals surface area contributed by atoms with Crippen LogP contribution >= 0.6 is 31.6 Å². The second-order valence-electron chi connectivity index (χ2n) is 8.49. The number of ether oxygens (including phenoxy) is 1. The van der Waals surface area contributed by atoms with Crippen molar-refractivity contribution in [3.05, 3.63) is 16.7 Å². The van der Waals surface area contributed by atoms with Gasteiger partial charge in [-0.1, -0.05) is 11.8 Å².